The second-order valence-corrected chi connectivity index (χ2v) is 3.29. The lowest BCUT2D eigenvalue weighted by Crippen LogP contribution is -1.93. The van der Waals surface area contributed by atoms with E-state index in [0.717, 1.165) is 15.9 Å². The molecule has 1 rings (SSSR count). The molecule has 0 bridgehead atoms. The molecule has 0 aliphatic carbocycles. The molecule has 0 aliphatic rings. The van der Waals surface area contributed by atoms with E-state index in [0.29, 0.717) is 0 Å². The molecule has 4 heteroatoms. The van der Waals surface area contributed by atoms with Crippen LogP contribution in [0.5, 0.6) is 0 Å². The van der Waals surface area contributed by atoms with Gasteiger partial charge < -0.3 is 0 Å². The molecular weight excluding hydrogens is 140 g/mol. The summed E-state index contributed by atoms with van der Waals surface area (Å²) in [7, 11) is 1.90. The van der Waals surface area contributed by atoms with Gasteiger partial charge in [-0.15, -0.1) is 0 Å². The molecule has 0 unspecified atom stereocenters. The highest BCUT2D eigenvalue weighted by Crippen LogP contribution is 2.08. The Morgan fingerprint density at radius 3 is 3.38 bits per heavy atom. The molecule has 0 spiro atoms. The molecule has 0 saturated carbocycles. The molecule has 0 fully saturated rings. The monoisotopic (exact) mass is 143 g/mol. The van der Waals surface area contributed by atoms with E-state index in [2.05, 4.69) is 4.75 Å². The molecule has 40 valence electrons. The topological polar surface area (TPSA) is 30.0 Å². The Bertz CT molecular complexity index is 205. The van der Waals surface area contributed by atoms with Gasteiger partial charge in [-0.3, -0.25) is 4.79 Å². The van der Waals surface area contributed by atoms with Crippen LogP contribution >= 0.6 is 15.9 Å². The first-order valence-corrected chi connectivity index (χ1v) is 4.56. The smallest absolute Gasteiger partial charge is 0.267 e. The maximum Gasteiger partial charge on any atom is 0.274 e. The van der Waals surface area contributed by atoms with Gasteiger partial charge in [0.1, 0.15) is 0 Å². The van der Waals surface area contributed by atoms with Crippen molar-refractivity contribution in [3.63, 3.8) is 0 Å². The molecule has 8 heavy (non-hydrogen) atoms. The highest BCUT2D eigenvalue weighted by Gasteiger charge is 1.72. The van der Waals surface area contributed by atoms with Crippen LogP contribution in [0.15, 0.2) is 22.7 Å². The Hall–Kier alpha value is -0.320. The standard InChI is InChI=1S/C4H3NOP2/c6-4-2-1-3-7-8-5-4/h1-3H. The van der Waals surface area contributed by atoms with Gasteiger partial charge in [-0.2, -0.15) is 4.75 Å². The Morgan fingerprint density at radius 1 is 1.62 bits per heavy atom. The summed E-state index contributed by atoms with van der Waals surface area (Å²) in [5.74, 6) is 1.90. The van der Waals surface area contributed by atoms with Gasteiger partial charge >= 0.3 is 0 Å². The van der Waals surface area contributed by atoms with Crippen molar-refractivity contribution in [2.24, 2.45) is 0 Å². The zero-order valence-corrected chi connectivity index (χ0v) is 5.77. The zero-order chi connectivity index (χ0) is 5.82. The van der Waals surface area contributed by atoms with Gasteiger partial charge in [0.15, 0.2) is 0 Å². The largest absolute Gasteiger partial charge is 0.274 e. The van der Waals surface area contributed by atoms with Crippen molar-refractivity contribution >= 4 is 15.9 Å². The highest BCUT2D eigenvalue weighted by atomic mass is 31.8. The Kier molecular flexibility index (Phi) is 2.08. The van der Waals surface area contributed by atoms with E-state index in [4.69, 9.17) is 0 Å². The lowest BCUT2D eigenvalue weighted by atomic mass is 10.6. The third-order valence-corrected chi connectivity index (χ3v) is 2.26. The SMILES string of the molecule is O=c1cccppn1. The summed E-state index contributed by atoms with van der Waals surface area (Å²) >= 11 is 0. The molecule has 1 heterocycles. The van der Waals surface area contributed by atoms with Crippen LogP contribution in [0.4, 0.5) is 0 Å². The van der Waals surface area contributed by atoms with Crippen molar-refractivity contribution in [2.45, 2.75) is 0 Å². The van der Waals surface area contributed by atoms with Gasteiger partial charge in [0.05, 0.1) is 8.03 Å². The summed E-state index contributed by atoms with van der Waals surface area (Å²) < 4.78 is 3.63. The Morgan fingerprint density at radius 2 is 2.50 bits per heavy atom. The minimum atomic E-state index is -0.132. The van der Waals surface area contributed by atoms with Crippen LogP contribution in [0, 0.1) is 0 Å². The van der Waals surface area contributed by atoms with E-state index in [1.165, 1.54) is 6.07 Å². The van der Waals surface area contributed by atoms with Gasteiger partial charge in [0, 0.05) is 6.07 Å². The maximum atomic E-state index is 10.4. The first-order chi connectivity index (χ1) is 3.89. The predicted molar refractivity (Wildman–Crippen MR) is 35.5 cm³/mol. The molecule has 1 aromatic rings. The van der Waals surface area contributed by atoms with E-state index in [9.17, 15) is 4.79 Å². The molecule has 0 amide bonds. The van der Waals surface area contributed by atoms with Crippen LogP contribution in [0.2, 0.25) is 0 Å². The van der Waals surface area contributed by atoms with E-state index < -0.39 is 0 Å². The predicted octanol–water partition coefficient (Wildman–Crippen LogP) is 1.60. The Balaban J connectivity index is 3.32. The maximum absolute atomic E-state index is 10.4. The number of aromatic nitrogens is 1. The molecule has 0 aliphatic heterocycles. The highest BCUT2D eigenvalue weighted by molar-refractivity contribution is 7.87. The second kappa shape index (κ2) is 2.86. The summed E-state index contributed by atoms with van der Waals surface area (Å²) in [6, 6.07) is 3.19. The fourth-order valence-electron chi connectivity index (χ4n) is 0.297. The zero-order valence-electron chi connectivity index (χ0n) is 3.98. The summed E-state index contributed by atoms with van der Waals surface area (Å²) in [5, 5.41) is 0. The second-order valence-electron chi connectivity index (χ2n) is 1.15. The van der Waals surface area contributed by atoms with Crippen molar-refractivity contribution in [1.29, 1.82) is 0 Å². The summed E-state index contributed by atoms with van der Waals surface area (Å²) in [5.41, 5.74) is -0.132. The first kappa shape index (κ1) is 5.81. The van der Waals surface area contributed by atoms with Crippen molar-refractivity contribution in [2.75, 3.05) is 0 Å². The molecule has 0 saturated heterocycles. The van der Waals surface area contributed by atoms with Gasteiger partial charge in [-0.25, -0.2) is 0 Å². The van der Waals surface area contributed by atoms with Gasteiger partial charge in [0.25, 0.3) is 5.56 Å². The third-order valence-electron chi connectivity index (χ3n) is 0.586. The van der Waals surface area contributed by atoms with Crippen LogP contribution in [0.1, 0.15) is 0 Å². The number of hydrogen-bond donors (Lipinski definition) is 0. The van der Waals surface area contributed by atoms with Crippen molar-refractivity contribution < 1.29 is 0 Å². The molecule has 2 nitrogen and oxygen atoms in total. The molecular formula is C4H3NOP2. The molecule has 0 radical (unpaired) electrons. The van der Waals surface area contributed by atoms with E-state index in [1.807, 2.05) is 5.80 Å². The van der Waals surface area contributed by atoms with Crippen molar-refractivity contribution in [1.82, 2.24) is 4.75 Å². The quantitative estimate of drug-likeness (QED) is 0.552. The van der Waals surface area contributed by atoms with E-state index in [1.54, 1.807) is 6.07 Å². The van der Waals surface area contributed by atoms with Crippen LogP contribution in [-0.4, -0.2) is 4.75 Å². The summed E-state index contributed by atoms with van der Waals surface area (Å²) in [6.45, 7) is 0. The Labute approximate surface area is 49.8 Å². The van der Waals surface area contributed by atoms with Gasteiger partial charge in [-0.1, -0.05) is 6.07 Å². The third kappa shape index (κ3) is 1.65. The van der Waals surface area contributed by atoms with E-state index in [-0.39, 0.29) is 5.56 Å². The lowest BCUT2D eigenvalue weighted by Gasteiger charge is -1.55. The average Bonchev–Trinajstić information content (AvgIpc) is 1.94. The van der Waals surface area contributed by atoms with Crippen LogP contribution < -0.4 is 5.56 Å². The molecule has 1 aromatic heterocycles. The molecule has 0 atom stereocenters. The number of rotatable bonds is 0. The number of nitrogens with zero attached hydrogens (tertiary/aromatic N) is 1. The first-order valence-electron chi connectivity index (χ1n) is 2.04. The average molecular weight is 143 g/mol. The number of hydrogen-bond acceptors (Lipinski definition) is 2. The lowest BCUT2D eigenvalue weighted by molar-refractivity contribution is 1.41. The van der Waals surface area contributed by atoms with Crippen LogP contribution in [0.3, 0.4) is 0 Å². The molecule has 0 N–H and O–H groups in total. The summed E-state index contributed by atoms with van der Waals surface area (Å²) in [4.78, 5) is 10.4. The minimum Gasteiger partial charge on any atom is -0.267 e. The van der Waals surface area contributed by atoms with Crippen molar-refractivity contribution in [3.05, 3.63) is 28.3 Å². The fraction of sp³-hybridized carbons (Fsp3) is 0. The summed E-state index contributed by atoms with van der Waals surface area (Å²) in [6.07, 6.45) is 0. The van der Waals surface area contributed by atoms with Gasteiger partial charge in [-0.05, 0) is 13.7 Å². The fourth-order valence-corrected chi connectivity index (χ4v) is 1.56. The van der Waals surface area contributed by atoms with E-state index >= 15 is 0 Å². The van der Waals surface area contributed by atoms with Crippen molar-refractivity contribution in [3.8, 4) is 0 Å². The van der Waals surface area contributed by atoms with Crippen LogP contribution in [-0.2, 0) is 0 Å². The molecule has 0 aromatic carbocycles. The van der Waals surface area contributed by atoms with Crippen LogP contribution in [0.25, 0.3) is 0 Å². The van der Waals surface area contributed by atoms with Gasteiger partial charge in [0.2, 0.25) is 0 Å². The normalized spacial score (nSPS) is 10.5. The minimum absolute atomic E-state index is 0.132.